The monoisotopic (exact) mass is 324 g/mol. The minimum atomic E-state index is 0.600. The van der Waals surface area contributed by atoms with Gasteiger partial charge in [-0.25, -0.2) is 4.98 Å². The molecule has 1 N–H and O–H groups in total. The fourth-order valence-electron chi connectivity index (χ4n) is 2.65. The van der Waals surface area contributed by atoms with Crippen LogP contribution in [0.15, 0.2) is 22.7 Å². The lowest BCUT2D eigenvalue weighted by Crippen LogP contribution is -2.30. The zero-order valence-corrected chi connectivity index (χ0v) is 12.9. The zero-order valence-electron chi connectivity index (χ0n) is 10.4. The second-order valence-corrected chi connectivity index (χ2v) is 7.09. The number of hydrogen-bond acceptors (Lipinski definition) is 3. The summed E-state index contributed by atoms with van der Waals surface area (Å²) in [6.07, 6.45) is 5.35. The van der Waals surface area contributed by atoms with Crippen LogP contribution in [0.5, 0.6) is 0 Å². The molecule has 1 aliphatic carbocycles. The van der Waals surface area contributed by atoms with Crippen LogP contribution >= 0.6 is 27.3 Å². The highest BCUT2D eigenvalue weighted by atomic mass is 79.9. The van der Waals surface area contributed by atoms with Gasteiger partial charge in [0.2, 0.25) is 0 Å². The summed E-state index contributed by atoms with van der Waals surface area (Å²) in [5.74, 6) is 0.762. The van der Waals surface area contributed by atoms with E-state index in [1.54, 1.807) is 11.3 Å². The summed E-state index contributed by atoms with van der Waals surface area (Å²) in [6, 6.07) is 6.87. The lowest BCUT2D eigenvalue weighted by molar-refractivity contribution is 0.349. The molecular weight excluding hydrogens is 308 g/mol. The van der Waals surface area contributed by atoms with E-state index in [1.165, 1.54) is 30.4 Å². The van der Waals surface area contributed by atoms with Crippen LogP contribution in [0.25, 0.3) is 10.2 Å². The van der Waals surface area contributed by atoms with Gasteiger partial charge in [-0.15, -0.1) is 0 Å². The van der Waals surface area contributed by atoms with Gasteiger partial charge in [0, 0.05) is 10.5 Å². The lowest BCUT2D eigenvalue weighted by atomic mass is 9.86. The average molecular weight is 325 g/mol. The molecule has 1 fully saturated rings. The van der Waals surface area contributed by atoms with Gasteiger partial charge in [0.05, 0.1) is 10.2 Å². The number of anilines is 1. The topological polar surface area (TPSA) is 24.9 Å². The number of nitrogens with one attached hydrogen (secondary N) is 1. The highest BCUT2D eigenvalue weighted by Crippen LogP contribution is 2.32. The molecule has 1 aliphatic rings. The van der Waals surface area contributed by atoms with Gasteiger partial charge in [-0.3, -0.25) is 0 Å². The van der Waals surface area contributed by atoms with Gasteiger partial charge < -0.3 is 5.32 Å². The number of hydrogen-bond donors (Lipinski definition) is 1. The summed E-state index contributed by atoms with van der Waals surface area (Å²) in [6.45, 7) is 2.35. The van der Waals surface area contributed by atoms with Crippen molar-refractivity contribution in [2.24, 2.45) is 5.92 Å². The first-order valence-electron chi connectivity index (χ1n) is 6.55. The zero-order chi connectivity index (χ0) is 12.5. The van der Waals surface area contributed by atoms with Crippen molar-refractivity contribution in [2.75, 3.05) is 5.32 Å². The summed E-state index contributed by atoms with van der Waals surface area (Å²) in [4.78, 5) is 4.67. The van der Waals surface area contributed by atoms with Crippen LogP contribution in [0.1, 0.15) is 32.6 Å². The van der Waals surface area contributed by atoms with Crippen LogP contribution in [0.2, 0.25) is 0 Å². The summed E-state index contributed by atoms with van der Waals surface area (Å²) < 4.78 is 2.37. The van der Waals surface area contributed by atoms with Gasteiger partial charge in [0.15, 0.2) is 5.13 Å². The Balaban J connectivity index is 1.81. The third-order valence-corrected chi connectivity index (χ3v) is 5.21. The molecule has 4 heteroatoms. The summed E-state index contributed by atoms with van der Waals surface area (Å²) in [7, 11) is 0. The quantitative estimate of drug-likeness (QED) is 0.836. The average Bonchev–Trinajstić information content (AvgIpc) is 2.73. The summed E-state index contributed by atoms with van der Waals surface area (Å²) in [5.41, 5.74) is 1.09. The van der Waals surface area contributed by atoms with Crippen molar-refractivity contribution in [3.63, 3.8) is 0 Å². The van der Waals surface area contributed by atoms with E-state index in [-0.39, 0.29) is 0 Å². The summed E-state index contributed by atoms with van der Waals surface area (Å²) >= 11 is 5.26. The van der Waals surface area contributed by atoms with Gasteiger partial charge >= 0.3 is 0 Å². The molecule has 3 rings (SSSR count). The molecule has 0 spiro atoms. The number of benzene rings is 1. The van der Waals surface area contributed by atoms with E-state index in [0.29, 0.717) is 6.04 Å². The molecule has 0 saturated heterocycles. The second-order valence-electron chi connectivity index (χ2n) is 5.14. The van der Waals surface area contributed by atoms with Crippen LogP contribution in [0.4, 0.5) is 5.13 Å². The third kappa shape index (κ3) is 2.54. The highest BCUT2D eigenvalue weighted by Gasteiger charge is 2.21. The molecule has 0 radical (unpaired) electrons. The first-order chi connectivity index (χ1) is 8.72. The standard InChI is InChI=1S/C14H17BrN2S/c1-9-4-2-3-5-11(9)16-14-17-12-7-6-10(15)8-13(12)18-14/h6-9,11H,2-5H2,1H3,(H,16,17). The fourth-order valence-corrected chi connectivity index (χ4v) is 4.13. The molecular formula is C14H17BrN2S. The van der Waals surface area contributed by atoms with Crippen molar-refractivity contribution in [1.82, 2.24) is 4.98 Å². The smallest absolute Gasteiger partial charge is 0.184 e. The SMILES string of the molecule is CC1CCCCC1Nc1nc2ccc(Br)cc2s1. The van der Waals surface area contributed by atoms with Crippen molar-refractivity contribution >= 4 is 42.6 Å². The molecule has 0 aliphatic heterocycles. The largest absolute Gasteiger partial charge is 0.358 e. The van der Waals surface area contributed by atoms with Gasteiger partial charge in [-0.05, 0) is 37.0 Å². The normalized spacial score (nSPS) is 24.3. The van der Waals surface area contributed by atoms with Gasteiger partial charge in [0.25, 0.3) is 0 Å². The number of halogens is 1. The Morgan fingerprint density at radius 1 is 1.33 bits per heavy atom. The number of thiazole rings is 1. The maximum Gasteiger partial charge on any atom is 0.184 e. The molecule has 96 valence electrons. The molecule has 1 saturated carbocycles. The van der Waals surface area contributed by atoms with E-state index >= 15 is 0 Å². The van der Waals surface area contributed by atoms with E-state index in [4.69, 9.17) is 0 Å². The second kappa shape index (κ2) is 5.17. The molecule has 2 unspecified atom stereocenters. The molecule has 1 aromatic heterocycles. The fraction of sp³-hybridized carbons (Fsp3) is 0.500. The highest BCUT2D eigenvalue weighted by molar-refractivity contribution is 9.10. The van der Waals surface area contributed by atoms with Crippen LogP contribution in [0.3, 0.4) is 0 Å². The van der Waals surface area contributed by atoms with E-state index in [1.807, 2.05) is 0 Å². The van der Waals surface area contributed by atoms with Crippen molar-refractivity contribution in [2.45, 2.75) is 38.6 Å². The Morgan fingerprint density at radius 2 is 2.17 bits per heavy atom. The molecule has 0 bridgehead atoms. The van der Waals surface area contributed by atoms with Crippen molar-refractivity contribution < 1.29 is 0 Å². The lowest BCUT2D eigenvalue weighted by Gasteiger charge is -2.29. The minimum Gasteiger partial charge on any atom is -0.358 e. The predicted octanol–water partition coefficient (Wildman–Crippen LogP) is 5.05. The van der Waals surface area contributed by atoms with Gasteiger partial charge in [-0.2, -0.15) is 0 Å². The minimum absolute atomic E-state index is 0.600. The van der Waals surface area contributed by atoms with E-state index < -0.39 is 0 Å². The number of fused-ring (bicyclic) bond motifs is 1. The van der Waals surface area contributed by atoms with E-state index in [2.05, 4.69) is 51.4 Å². The maximum absolute atomic E-state index is 4.67. The van der Waals surface area contributed by atoms with E-state index in [9.17, 15) is 0 Å². The molecule has 2 nitrogen and oxygen atoms in total. The molecule has 1 heterocycles. The number of aromatic nitrogens is 1. The van der Waals surface area contributed by atoms with Crippen LogP contribution in [-0.2, 0) is 0 Å². The predicted molar refractivity (Wildman–Crippen MR) is 82.4 cm³/mol. The van der Waals surface area contributed by atoms with Crippen LogP contribution < -0.4 is 5.32 Å². The first-order valence-corrected chi connectivity index (χ1v) is 8.16. The Morgan fingerprint density at radius 3 is 3.00 bits per heavy atom. The van der Waals surface area contributed by atoms with Crippen LogP contribution in [-0.4, -0.2) is 11.0 Å². The third-order valence-electron chi connectivity index (χ3n) is 3.77. The molecule has 2 aromatic rings. The van der Waals surface area contributed by atoms with Gasteiger partial charge in [0.1, 0.15) is 0 Å². The molecule has 2 atom stereocenters. The van der Waals surface area contributed by atoms with Crippen molar-refractivity contribution in [1.29, 1.82) is 0 Å². The molecule has 1 aromatic carbocycles. The number of nitrogens with zero attached hydrogens (tertiary/aromatic N) is 1. The maximum atomic E-state index is 4.67. The van der Waals surface area contributed by atoms with Crippen molar-refractivity contribution in [3.05, 3.63) is 22.7 Å². The molecule has 0 amide bonds. The van der Waals surface area contributed by atoms with Crippen LogP contribution in [0, 0.1) is 5.92 Å². The summed E-state index contributed by atoms with van der Waals surface area (Å²) in [5, 5.41) is 4.70. The van der Waals surface area contributed by atoms with Crippen molar-refractivity contribution in [3.8, 4) is 0 Å². The Kier molecular flexibility index (Phi) is 3.57. The Labute approximate surface area is 120 Å². The first kappa shape index (κ1) is 12.4. The van der Waals surface area contributed by atoms with E-state index in [0.717, 1.165) is 21.0 Å². The Bertz CT molecular complexity index is 552. The number of rotatable bonds is 2. The Hall–Kier alpha value is -0.610. The van der Waals surface area contributed by atoms with Gasteiger partial charge in [-0.1, -0.05) is 47.0 Å². The molecule has 18 heavy (non-hydrogen) atoms.